The maximum atomic E-state index is 13.6. The van der Waals surface area contributed by atoms with E-state index in [-0.39, 0.29) is 0 Å². The molecule has 0 saturated heterocycles. The van der Waals surface area contributed by atoms with Gasteiger partial charge in [-0.05, 0) is 30.3 Å². The molecule has 0 aliphatic rings. The fourth-order valence-corrected chi connectivity index (χ4v) is 2.07. The van der Waals surface area contributed by atoms with Gasteiger partial charge in [0.1, 0.15) is 11.5 Å². The first kappa shape index (κ1) is 15.1. The Morgan fingerprint density at radius 3 is 2.65 bits per heavy atom. The number of aryl methyl sites for hydroxylation is 1. The summed E-state index contributed by atoms with van der Waals surface area (Å²) in [6.07, 6.45) is -2.94. The number of nitrogens with one attached hydrogen (secondary N) is 1. The van der Waals surface area contributed by atoms with Crippen molar-refractivity contribution in [2.75, 3.05) is 5.48 Å². The van der Waals surface area contributed by atoms with Gasteiger partial charge in [-0.15, -0.1) is 0 Å². The first-order valence-electron chi connectivity index (χ1n) is 6.55. The second kappa shape index (κ2) is 5.45. The Hall–Kier alpha value is -2.77. The highest BCUT2D eigenvalue weighted by Gasteiger charge is 2.31. The SMILES string of the molecule is Cn1cnc2cc(ONc3cc(C(F)(F)F)ccc3F)ccc21. The number of nitrogens with zero attached hydrogens (tertiary/aromatic N) is 2. The highest BCUT2D eigenvalue weighted by molar-refractivity contribution is 5.76. The van der Waals surface area contributed by atoms with Gasteiger partial charge in [-0.2, -0.15) is 13.2 Å². The number of alkyl halides is 3. The molecule has 120 valence electrons. The zero-order valence-electron chi connectivity index (χ0n) is 11.9. The minimum absolute atomic E-state index is 0.299. The van der Waals surface area contributed by atoms with Gasteiger partial charge in [-0.1, -0.05) is 0 Å². The van der Waals surface area contributed by atoms with Gasteiger partial charge in [0, 0.05) is 13.1 Å². The fraction of sp³-hybridized carbons (Fsp3) is 0.133. The van der Waals surface area contributed by atoms with E-state index in [0.717, 1.165) is 11.6 Å². The number of imidazole rings is 1. The molecular weight excluding hydrogens is 314 g/mol. The van der Waals surface area contributed by atoms with Crippen LogP contribution in [0.4, 0.5) is 23.2 Å². The quantitative estimate of drug-likeness (QED) is 0.581. The van der Waals surface area contributed by atoms with E-state index in [1.807, 2.05) is 7.05 Å². The van der Waals surface area contributed by atoms with Crippen LogP contribution in [-0.4, -0.2) is 9.55 Å². The largest absolute Gasteiger partial charge is 0.416 e. The highest BCUT2D eigenvalue weighted by Crippen LogP contribution is 2.32. The summed E-state index contributed by atoms with van der Waals surface area (Å²) < 4.78 is 53.3. The average molecular weight is 325 g/mol. The Bertz CT molecular complexity index is 858. The molecule has 0 aliphatic heterocycles. The van der Waals surface area contributed by atoms with E-state index >= 15 is 0 Å². The fourth-order valence-electron chi connectivity index (χ4n) is 2.07. The molecule has 0 spiro atoms. The predicted octanol–water partition coefficient (Wildman–Crippen LogP) is 4.14. The lowest BCUT2D eigenvalue weighted by molar-refractivity contribution is -0.137. The first-order valence-corrected chi connectivity index (χ1v) is 6.55. The molecule has 0 amide bonds. The van der Waals surface area contributed by atoms with Crippen LogP contribution in [0.3, 0.4) is 0 Å². The van der Waals surface area contributed by atoms with Gasteiger partial charge < -0.3 is 9.40 Å². The van der Waals surface area contributed by atoms with Crippen molar-refractivity contribution in [3.8, 4) is 5.75 Å². The Morgan fingerprint density at radius 1 is 1.13 bits per heavy atom. The lowest BCUT2D eigenvalue weighted by Crippen LogP contribution is -2.10. The Kier molecular flexibility index (Phi) is 3.59. The smallest absolute Gasteiger partial charge is 0.382 e. The van der Waals surface area contributed by atoms with Gasteiger partial charge in [0.05, 0.1) is 22.9 Å². The summed E-state index contributed by atoms with van der Waals surface area (Å²) in [5.74, 6) is -0.551. The lowest BCUT2D eigenvalue weighted by Gasteiger charge is -2.12. The van der Waals surface area contributed by atoms with Gasteiger partial charge in [0.2, 0.25) is 0 Å². The molecule has 1 aromatic heterocycles. The third kappa shape index (κ3) is 3.05. The molecule has 0 saturated carbocycles. The van der Waals surface area contributed by atoms with E-state index in [9.17, 15) is 17.6 Å². The number of aromatic nitrogens is 2. The molecule has 1 N–H and O–H groups in total. The van der Waals surface area contributed by atoms with E-state index in [2.05, 4.69) is 10.5 Å². The molecular formula is C15H11F4N3O. The predicted molar refractivity (Wildman–Crippen MR) is 76.4 cm³/mol. The summed E-state index contributed by atoms with van der Waals surface area (Å²) in [7, 11) is 1.83. The van der Waals surface area contributed by atoms with Crippen LogP contribution in [0.25, 0.3) is 11.0 Å². The molecule has 3 aromatic rings. The second-order valence-electron chi connectivity index (χ2n) is 4.90. The van der Waals surface area contributed by atoms with Gasteiger partial charge in [0.25, 0.3) is 0 Å². The topological polar surface area (TPSA) is 39.1 Å². The van der Waals surface area contributed by atoms with Crippen molar-refractivity contribution in [1.82, 2.24) is 9.55 Å². The molecule has 1 heterocycles. The van der Waals surface area contributed by atoms with Crippen molar-refractivity contribution in [2.24, 2.45) is 7.05 Å². The third-order valence-corrected chi connectivity index (χ3v) is 3.27. The highest BCUT2D eigenvalue weighted by atomic mass is 19.4. The van der Waals surface area contributed by atoms with Gasteiger partial charge in [-0.25, -0.2) is 14.9 Å². The zero-order valence-corrected chi connectivity index (χ0v) is 11.9. The molecule has 0 radical (unpaired) electrons. The number of fused-ring (bicyclic) bond motifs is 1. The summed E-state index contributed by atoms with van der Waals surface area (Å²) in [6.45, 7) is 0. The third-order valence-electron chi connectivity index (χ3n) is 3.27. The van der Waals surface area contributed by atoms with Crippen molar-refractivity contribution >= 4 is 16.7 Å². The summed E-state index contributed by atoms with van der Waals surface area (Å²) in [5, 5.41) is 0. The molecule has 0 unspecified atom stereocenters. The summed E-state index contributed by atoms with van der Waals surface area (Å²) >= 11 is 0. The molecule has 8 heteroatoms. The van der Waals surface area contributed by atoms with Crippen LogP contribution < -0.4 is 10.3 Å². The number of anilines is 1. The van der Waals surface area contributed by atoms with Crippen LogP contribution >= 0.6 is 0 Å². The van der Waals surface area contributed by atoms with Crippen molar-refractivity contribution in [1.29, 1.82) is 0 Å². The van der Waals surface area contributed by atoms with Gasteiger partial charge in [-0.3, -0.25) is 0 Å². The van der Waals surface area contributed by atoms with Crippen LogP contribution in [0.1, 0.15) is 5.56 Å². The van der Waals surface area contributed by atoms with Crippen LogP contribution in [0.15, 0.2) is 42.7 Å². The van der Waals surface area contributed by atoms with Crippen LogP contribution in [-0.2, 0) is 13.2 Å². The van der Waals surface area contributed by atoms with E-state index in [0.29, 0.717) is 23.4 Å². The van der Waals surface area contributed by atoms with E-state index < -0.39 is 23.2 Å². The minimum atomic E-state index is -4.56. The van der Waals surface area contributed by atoms with E-state index in [1.54, 1.807) is 29.1 Å². The van der Waals surface area contributed by atoms with Crippen LogP contribution in [0.2, 0.25) is 0 Å². The monoisotopic (exact) mass is 325 g/mol. The molecule has 3 rings (SSSR count). The minimum Gasteiger partial charge on any atom is -0.382 e. The molecule has 4 nitrogen and oxygen atoms in total. The number of rotatable bonds is 3. The van der Waals surface area contributed by atoms with Crippen molar-refractivity contribution < 1.29 is 22.4 Å². The van der Waals surface area contributed by atoms with Gasteiger partial charge >= 0.3 is 6.18 Å². The van der Waals surface area contributed by atoms with Crippen LogP contribution in [0.5, 0.6) is 5.75 Å². The summed E-state index contributed by atoms with van der Waals surface area (Å²) in [6, 6.07) is 6.98. The molecule has 0 atom stereocenters. The lowest BCUT2D eigenvalue weighted by atomic mass is 10.2. The molecule has 0 fully saturated rings. The molecule has 2 aromatic carbocycles. The zero-order chi connectivity index (χ0) is 16.6. The maximum Gasteiger partial charge on any atom is 0.416 e. The van der Waals surface area contributed by atoms with Crippen LogP contribution in [0, 0.1) is 5.82 Å². The summed E-state index contributed by atoms with van der Waals surface area (Å²) in [5.41, 5.74) is 2.35. The maximum absolute atomic E-state index is 13.6. The molecule has 0 aliphatic carbocycles. The first-order chi connectivity index (χ1) is 10.8. The molecule has 23 heavy (non-hydrogen) atoms. The van der Waals surface area contributed by atoms with Crippen molar-refractivity contribution in [2.45, 2.75) is 6.18 Å². The van der Waals surface area contributed by atoms with E-state index in [1.165, 1.54) is 0 Å². The average Bonchev–Trinajstić information content (AvgIpc) is 2.86. The normalized spacial score (nSPS) is 11.7. The Balaban J connectivity index is 1.81. The number of hydrogen-bond donors (Lipinski definition) is 1. The van der Waals surface area contributed by atoms with Crippen molar-refractivity contribution in [3.05, 3.63) is 54.1 Å². The molecule has 0 bridgehead atoms. The van der Waals surface area contributed by atoms with Gasteiger partial charge in [0.15, 0.2) is 5.75 Å². The summed E-state index contributed by atoms with van der Waals surface area (Å²) in [4.78, 5) is 9.28. The second-order valence-corrected chi connectivity index (χ2v) is 4.90. The Labute approximate surface area is 128 Å². The Morgan fingerprint density at radius 2 is 1.91 bits per heavy atom. The standard InChI is InChI=1S/C15H11F4N3O/c1-22-8-20-13-7-10(3-5-14(13)22)23-21-12-6-9(15(17,18)19)2-4-11(12)16/h2-8,21H,1H3. The number of hydrogen-bond acceptors (Lipinski definition) is 3. The van der Waals surface area contributed by atoms with E-state index in [4.69, 9.17) is 4.84 Å². The number of halogens is 4. The van der Waals surface area contributed by atoms with Crippen molar-refractivity contribution in [3.63, 3.8) is 0 Å². The number of benzene rings is 2.